The largest absolute Gasteiger partial charge is 0.367 e. The van der Waals surface area contributed by atoms with Gasteiger partial charge in [-0.1, -0.05) is 0 Å². The van der Waals surface area contributed by atoms with E-state index in [1.807, 2.05) is 7.05 Å². The molecule has 0 aromatic rings. The lowest BCUT2D eigenvalue weighted by Gasteiger charge is -2.31. The second-order valence-electron chi connectivity index (χ2n) is 4.91. The van der Waals surface area contributed by atoms with Gasteiger partial charge < -0.3 is 15.1 Å². The van der Waals surface area contributed by atoms with Gasteiger partial charge >= 0.3 is 5.97 Å². The third-order valence-corrected chi connectivity index (χ3v) is 3.49. The molecule has 1 saturated heterocycles. The van der Waals surface area contributed by atoms with Crippen molar-refractivity contribution >= 4 is 11.9 Å². The molecule has 1 heterocycles. The molecule has 1 fully saturated rings. The van der Waals surface area contributed by atoms with Crippen LogP contribution >= 0.6 is 0 Å². The van der Waals surface area contributed by atoms with E-state index in [9.17, 15) is 14.1 Å². The van der Waals surface area contributed by atoms with Gasteiger partial charge in [0.15, 0.2) is 0 Å². The molecule has 6 nitrogen and oxygen atoms in total. The van der Waals surface area contributed by atoms with Gasteiger partial charge in [0.05, 0.1) is 0 Å². The fraction of sp³-hybridized carbons (Fsp3) is 0.833. The van der Waals surface area contributed by atoms with Gasteiger partial charge in [0.1, 0.15) is 6.54 Å². The monoisotopic (exact) mass is 275 g/mol. The maximum absolute atomic E-state index is 11.7. The quantitative estimate of drug-likeness (QED) is 0.736. The SMILES string of the molecule is CN(CC(=O)OF)C(=O)CCN(C)C1CCNCC1. The molecule has 0 radical (unpaired) electrons. The minimum atomic E-state index is -1.05. The van der Waals surface area contributed by atoms with Gasteiger partial charge in [-0.05, 0) is 33.0 Å². The Morgan fingerprint density at radius 3 is 2.53 bits per heavy atom. The van der Waals surface area contributed by atoms with Gasteiger partial charge in [-0.15, -0.1) is 0 Å². The van der Waals surface area contributed by atoms with Crippen molar-refractivity contribution in [3.05, 3.63) is 0 Å². The summed E-state index contributed by atoms with van der Waals surface area (Å²) < 4.78 is 11.6. The Labute approximate surface area is 112 Å². The van der Waals surface area contributed by atoms with Crippen molar-refractivity contribution in [1.82, 2.24) is 15.1 Å². The molecule has 1 N–H and O–H groups in total. The zero-order valence-corrected chi connectivity index (χ0v) is 11.5. The van der Waals surface area contributed by atoms with Crippen LogP contribution < -0.4 is 5.32 Å². The molecule has 0 aromatic carbocycles. The Bertz CT molecular complexity index is 309. The number of rotatable bonds is 6. The second kappa shape index (κ2) is 8.06. The third-order valence-electron chi connectivity index (χ3n) is 3.49. The van der Waals surface area contributed by atoms with Crippen molar-refractivity contribution in [1.29, 1.82) is 0 Å². The van der Waals surface area contributed by atoms with Crippen LogP contribution in [0.5, 0.6) is 0 Å². The van der Waals surface area contributed by atoms with E-state index in [1.165, 1.54) is 11.9 Å². The van der Waals surface area contributed by atoms with E-state index in [0.29, 0.717) is 19.0 Å². The van der Waals surface area contributed by atoms with E-state index < -0.39 is 5.97 Å². The Kier molecular flexibility index (Phi) is 6.72. The molecular weight excluding hydrogens is 253 g/mol. The second-order valence-corrected chi connectivity index (χ2v) is 4.91. The predicted octanol–water partition coefficient (Wildman–Crippen LogP) is -0.0536. The number of carbonyl (C=O) groups is 2. The highest BCUT2D eigenvalue weighted by molar-refractivity contribution is 5.81. The van der Waals surface area contributed by atoms with E-state index >= 15 is 0 Å². The van der Waals surface area contributed by atoms with E-state index in [1.54, 1.807) is 0 Å². The van der Waals surface area contributed by atoms with Gasteiger partial charge in [-0.2, -0.15) is 0 Å². The Morgan fingerprint density at radius 1 is 1.32 bits per heavy atom. The highest BCUT2D eigenvalue weighted by atomic mass is 19.3. The van der Waals surface area contributed by atoms with Crippen molar-refractivity contribution in [3.63, 3.8) is 0 Å². The Hall–Kier alpha value is -1.21. The van der Waals surface area contributed by atoms with Gasteiger partial charge in [-0.3, -0.25) is 9.74 Å². The number of carbonyl (C=O) groups excluding carboxylic acids is 2. The summed E-state index contributed by atoms with van der Waals surface area (Å²) in [4.78, 5) is 28.8. The summed E-state index contributed by atoms with van der Waals surface area (Å²) >= 11 is 0. The van der Waals surface area contributed by atoms with Crippen LogP contribution in [0.3, 0.4) is 0 Å². The van der Waals surface area contributed by atoms with Crippen LogP contribution in [-0.4, -0.2) is 68.0 Å². The number of halogens is 1. The molecule has 0 spiro atoms. The fourth-order valence-electron chi connectivity index (χ4n) is 2.20. The smallest absolute Gasteiger partial charge is 0.334 e. The number of nitrogens with one attached hydrogen (secondary N) is 1. The zero-order valence-electron chi connectivity index (χ0n) is 11.5. The molecule has 1 aliphatic heterocycles. The summed E-state index contributed by atoms with van der Waals surface area (Å²) in [5.74, 6) is -1.24. The predicted molar refractivity (Wildman–Crippen MR) is 68.0 cm³/mol. The summed E-state index contributed by atoms with van der Waals surface area (Å²) in [7, 11) is 3.46. The number of hydrogen-bond donors (Lipinski definition) is 1. The molecule has 0 atom stereocenters. The molecule has 0 bridgehead atoms. The van der Waals surface area contributed by atoms with Crippen LogP contribution in [0.15, 0.2) is 0 Å². The molecular formula is C12H22FN3O3. The molecule has 1 rings (SSSR count). The van der Waals surface area contributed by atoms with Gasteiger partial charge in [-0.25, -0.2) is 4.79 Å². The van der Waals surface area contributed by atoms with Gasteiger partial charge in [0, 0.05) is 30.6 Å². The average molecular weight is 275 g/mol. The number of likely N-dealkylation sites (N-methyl/N-ethyl adjacent to an activating group) is 1. The molecule has 1 amide bonds. The molecule has 1 aliphatic rings. The summed E-state index contributed by atoms with van der Waals surface area (Å²) in [6.07, 6.45) is 2.47. The van der Waals surface area contributed by atoms with Gasteiger partial charge in [0.2, 0.25) is 5.91 Å². The lowest BCUT2D eigenvalue weighted by molar-refractivity contribution is -0.185. The standard InChI is InChI=1S/C12H22FN3O3/c1-15(10-3-6-14-7-4-10)8-5-11(17)16(2)9-12(18)19-13/h10,14H,3-9H2,1-2H3. The average Bonchev–Trinajstić information content (AvgIpc) is 2.44. The maximum atomic E-state index is 11.7. The van der Waals surface area contributed by atoms with E-state index in [0.717, 1.165) is 25.9 Å². The number of piperidine rings is 1. The molecule has 0 aromatic heterocycles. The summed E-state index contributed by atoms with van der Waals surface area (Å²) in [5, 5.41) is 3.29. The Balaban J connectivity index is 2.26. The van der Waals surface area contributed by atoms with Crippen LogP contribution in [0.4, 0.5) is 4.53 Å². The molecule has 7 heteroatoms. The van der Waals surface area contributed by atoms with Crippen molar-refractivity contribution in [2.24, 2.45) is 0 Å². The molecule has 0 aliphatic carbocycles. The highest BCUT2D eigenvalue weighted by Crippen LogP contribution is 2.10. The van der Waals surface area contributed by atoms with E-state index in [2.05, 4.69) is 15.2 Å². The van der Waals surface area contributed by atoms with Crippen LogP contribution in [0, 0.1) is 0 Å². The highest BCUT2D eigenvalue weighted by Gasteiger charge is 2.19. The Morgan fingerprint density at radius 2 is 1.95 bits per heavy atom. The number of nitrogens with zero attached hydrogens (tertiary/aromatic N) is 2. The van der Waals surface area contributed by atoms with Gasteiger partial charge in [0.25, 0.3) is 0 Å². The van der Waals surface area contributed by atoms with Crippen LogP contribution in [0.25, 0.3) is 0 Å². The van der Waals surface area contributed by atoms with Crippen LogP contribution in [0.1, 0.15) is 19.3 Å². The lowest BCUT2D eigenvalue weighted by atomic mass is 10.1. The first-order valence-corrected chi connectivity index (χ1v) is 6.51. The summed E-state index contributed by atoms with van der Waals surface area (Å²) in [6, 6.07) is 0.496. The number of amides is 1. The van der Waals surface area contributed by atoms with Crippen LogP contribution in [-0.2, 0) is 14.5 Å². The topological polar surface area (TPSA) is 61.9 Å². The summed E-state index contributed by atoms with van der Waals surface area (Å²) in [5.41, 5.74) is 0. The fourth-order valence-corrected chi connectivity index (χ4v) is 2.20. The maximum Gasteiger partial charge on any atom is 0.367 e. The van der Waals surface area contributed by atoms with E-state index in [-0.39, 0.29) is 12.5 Å². The molecule has 110 valence electrons. The normalized spacial score (nSPS) is 16.4. The van der Waals surface area contributed by atoms with E-state index in [4.69, 9.17) is 0 Å². The molecule has 0 saturated carbocycles. The first kappa shape index (κ1) is 15.8. The lowest BCUT2D eigenvalue weighted by Crippen LogP contribution is -2.42. The van der Waals surface area contributed by atoms with Crippen molar-refractivity contribution in [2.75, 3.05) is 40.3 Å². The molecule has 19 heavy (non-hydrogen) atoms. The molecule has 0 unspecified atom stereocenters. The third kappa shape index (κ3) is 5.52. The van der Waals surface area contributed by atoms with Crippen LogP contribution in [0.2, 0.25) is 0 Å². The first-order chi connectivity index (χ1) is 9.04. The summed E-state index contributed by atoms with van der Waals surface area (Å²) in [6.45, 7) is 2.29. The van der Waals surface area contributed by atoms with Crippen molar-refractivity contribution < 1.29 is 19.1 Å². The zero-order chi connectivity index (χ0) is 14.3. The minimum Gasteiger partial charge on any atom is -0.334 e. The minimum absolute atomic E-state index is 0.189. The first-order valence-electron chi connectivity index (χ1n) is 6.51. The van der Waals surface area contributed by atoms with Crippen molar-refractivity contribution in [2.45, 2.75) is 25.3 Å². The van der Waals surface area contributed by atoms with Crippen molar-refractivity contribution in [3.8, 4) is 0 Å². The number of hydrogen-bond acceptors (Lipinski definition) is 5.